The van der Waals surface area contributed by atoms with Crippen LogP contribution in [0.1, 0.15) is 53.6 Å². The number of carboxylic acids is 1. The van der Waals surface area contributed by atoms with E-state index in [-0.39, 0.29) is 12.2 Å². The Kier molecular flexibility index (Phi) is 10.5. The summed E-state index contributed by atoms with van der Waals surface area (Å²) < 4.78 is 11.7. The number of allylic oxidation sites excluding steroid dienone is 2. The molecule has 0 aliphatic heterocycles. The molecule has 0 aliphatic carbocycles. The van der Waals surface area contributed by atoms with Crippen LogP contribution in [0.5, 0.6) is 5.75 Å². The standard InChI is InChI=1S/C34H36N2O5/c1-3-4-15-28(23-32(37)26-11-7-5-8-12-26)35-31(34(38)39)22-25-16-18-29(19-17-25)40-21-20-30-24(2)41-33(36-30)27-13-9-6-10-14-27/h5-14,16-19,23,31,35H,3-4,15,20-22H2,1-2H3,(H,38,39)/b28-23-/t31-/m0/s1. The number of carbonyl (C=O) groups excluding carboxylic acids is 1. The molecule has 0 bridgehead atoms. The number of nitrogens with zero attached hydrogens (tertiary/aromatic N) is 1. The first-order valence-electron chi connectivity index (χ1n) is 14.0. The van der Waals surface area contributed by atoms with Gasteiger partial charge in [0.15, 0.2) is 5.78 Å². The molecule has 212 valence electrons. The van der Waals surface area contributed by atoms with E-state index < -0.39 is 12.0 Å². The number of oxazole rings is 1. The van der Waals surface area contributed by atoms with Gasteiger partial charge >= 0.3 is 5.97 Å². The van der Waals surface area contributed by atoms with Crippen molar-refractivity contribution in [3.63, 3.8) is 0 Å². The lowest BCUT2D eigenvalue weighted by Crippen LogP contribution is -2.38. The first-order chi connectivity index (χ1) is 19.9. The Labute approximate surface area is 240 Å². The zero-order valence-corrected chi connectivity index (χ0v) is 23.5. The second kappa shape index (κ2) is 14.7. The molecule has 7 heteroatoms. The van der Waals surface area contributed by atoms with Crippen LogP contribution in [0.3, 0.4) is 0 Å². The molecule has 0 radical (unpaired) electrons. The summed E-state index contributed by atoms with van der Waals surface area (Å²) >= 11 is 0. The number of aromatic nitrogens is 1. The highest BCUT2D eigenvalue weighted by atomic mass is 16.5. The first kappa shape index (κ1) is 29.3. The largest absolute Gasteiger partial charge is 0.493 e. The smallest absolute Gasteiger partial charge is 0.326 e. The molecule has 2 N–H and O–H groups in total. The van der Waals surface area contributed by atoms with Gasteiger partial charge in [-0.3, -0.25) is 4.79 Å². The van der Waals surface area contributed by atoms with Crippen LogP contribution in [-0.4, -0.2) is 34.5 Å². The van der Waals surface area contributed by atoms with E-state index in [4.69, 9.17) is 9.15 Å². The summed E-state index contributed by atoms with van der Waals surface area (Å²) in [7, 11) is 0. The summed E-state index contributed by atoms with van der Waals surface area (Å²) in [5.41, 5.74) is 3.84. The van der Waals surface area contributed by atoms with Crippen molar-refractivity contribution in [1.82, 2.24) is 10.3 Å². The number of carboxylic acid groups (broad SMARTS) is 1. The Bertz CT molecular complexity index is 1440. The molecule has 0 amide bonds. The quantitative estimate of drug-likeness (QED) is 0.123. The molecule has 7 nitrogen and oxygen atoms in total. The van der Waals surface area contributed by atoms with Crippen LogP contribution in [0.2, 0.25) is 0 Å². The second-order valence-corrected chi connectivity index (χ2v) is 9.87. The minimum Gasteiger partial charge on any atom is -0.493 e. The van der Waals surface area contributed by atoms with E-state index in [2.05, 4.69) is 17.2 Å². The van der Waals surface area contributed by atoms with Crippen LogP contribution in [-0.2, 0) is 17.6 Å². The van der Waals surface area contributed by atoms with Crippen molar-refractivity contribution < 1.29 is 23.8 Å². The van der Waals surface area contributed by atoms with Gasteiger partial charge in [0.1, 0.15) is 17.6 Å². The lowest BCUT2D eigenvalue weighted by Gasteiger charge is -2.19. The SMILES string of the molecule is CCCC/C(=C/C(=O)c1ccccc1)N[C@@H](Cc1ccc(OCCc2nc(-c3ccccc3)oc2C)cc1)C(=O)O. The molecular weight excluding hydrogens is 516 g/mol. The average molecular weight is 553 g/mol. The van der Waals surface area contributed by atoms with E-state index in [0.717, 1.165) is 35.4 Å². The number of aliphatic carboxylic acids is 1. The summed E-state index contributed by atoms with van der Waals surface area (Å²) in [5, 5.41) is 13.0. The van der Waals surface area contributed by atoms with Crippen LogP contribution in [0.4, 0.5) is 0 Å². The highest BCUT2D eigenvalue weighted by molar-refractivity contribution is 6.04. The van der Waals surface area contributed by atoms with E-state index in [1.165, 1.54) is 6.08 Å². The third kappa shape index (κ3) is 8.67. The molecular formula is C34H36N2O5. The van der Waals surface area contributed by atoms with Crippen molar-refractivity contribution >= 4 is 11.8 Å². The van der Waals surface area contributed by atoms with Gasteiger partial charge in [0.05, 0.1) is 12.3 Å². The minimum atomic E-state index is -0.974. The summed E-state index contributed by atoms with van der Waals surface area (Å²) in [6.45, 7) is 4.39. The maximum absolute atomic E-state index is 12.7. The molecule has 0 saturated carbocycles. The van der Waals surface area contributed by atoms with Gasteiger partial charge in [0.25, 0.3) is 0 Å². The zero-order valence-electron chi connectivity index (χ0n) is 23.5. The van der Waals surface area contributed by atoms with E-state index >= 15 is 0 Å². The highest BCUT2D eigenvalue weighted by Gasteiger charge is 2.20. The summed E-state index contributed by atoms with van der Waals surface area (Å²) in [5.74, 6) is 0.939. The lowest BCUT2D eigenvalue weighted by atomic mass is 10.0. The number of unbranched alkanes of at least 4 members (excludes halogenated alkanes) is 1. The van der Waals surface area contributed by atoms with Crippen molar-refractivity contribution in [2.24, 2.45) is 0 Å². The molecule has 1 atom stereocenters. The van der Waals surface area contributed by atoms with Gasteiger partial charge in [-0.25, -0.2) is 9.78 Å². The molecule has 41 heavy (non-hydrogen) atoms. The number of hydrogen-bond donors (Lipinski definition) is 2. The van der Waals surface area contributed by atoms with Gasteiger partial charge in [0.2, 0.25) is 5.89 Å². The molecule has 0 aliphatic rings. The Hall–Kier alpha value is -4.65. The second-order valence-electron chi connectivity index (χ2n) is 9.87. The molecule has 0 fully saturated rings. The molecule has 1 aromatic heterocycles. The Morgan fingerprint density at radius 1 is 1.00 bits per heavy atom. The first-order valence-corrected chi connectivity index (χ1v) is 14.0. The van der Waals surface area contributed by atoms with E-state index in [0.29, 0.717) is 42.3 Å². The van der Waals surface area contributed by atoms with Crippen molar-refractivity contribution in [1.29, 1.82) is 0 Å². The lowest BCUT2D eigenvalue weighted by molar-refractivity contribution is -0.139. The third-order valence-electron chi connectivity index (χ3n) is 6.71. The summed E-state index contributed by atoms with van der Waals surface area (Å²) in [6, 6.07) is 25.3. The van der Waals surface area contributed by atoms with E-state index in [1.807, 2.05) is 79.7 Å². The average Bonchev–Trinajstić information content (AvgIpc) is 3.37. The minimum absolute atomic E-state index is 0.146. The van der Waals surface area contributed by atoms with E-state index in [9.17, 15) is 14.7 Å². The predicted molar refractivity (Wildman–Crippen MR) is 159 cm³/mol. The molecule has 1 heterocycles. The molecule has 0 spiro atoms. The topological polar surface area (TPSA) is 102 Å². The van der Waals surface area contributed by atoms with Crippen LogP contribution in [0.15, 0.2) is 101 Å². The molecule has 0 unspecified atom stereocenters. The molecule has 4 rings (SSSR count). The maximum atomic E-state index is 12.7. The number of ether oxygens (including phenoxy) is 1. The van der Waals surface area contributed by atoms with E-state index in [1.54, 1.807) is 12.1 Å². The van der Waals surface area contributed by atoms with Gasteiger partial charge in [-0.15, -0.1) is 0 Å². The Morgan fingerprint density at radius 3 is 2.34 bits per heavy atom. The maximum Gasteiger partial charge on any atom is 0.326 e. The molecule has 0 saturated heterocycles. The fourth-order valence-electron chi connectivity index (χ4n) is 4.41. The highest BCUT2D eigenvalue weighted by Crippen LogP contribution is 2.22. The third-order valence-corrected chi connectivity index (χ3v) is 6.71. The zero-order chi connectivity index (χ0) is 29.0. The van der Waals surface area contributed by atoms with Crippen LogP contribution >= 0.6 is 0 Å². The predicted octanol–water partition coefficient (Wildman–Crippen LogP) is 6.81. The van der Waals surface area contributed by atoms with Crippen molar-refractivity contribution in [3.05, 3.63) is 119 Å². The normalized spacial score (nSPS) is 12.1. The van der Waals surface area contributed by atoms with Crippen molar-refractivity contribution in [3.8, 4) is 17.2 Å². The number of aryl methyl sites for hydroxylation is 1. The van der Waals surface area contributed by atoms with Gasteiger partial charge in [-0.2, -0.15) is 0 Å². The number of benzene rings is 3. The van der Waals surface area contributed by atoms with Crippen LogP contribution in [0, 0.1) is 6.92 Å². The Balaban J connectivity index is 1.34. The van der Waals surface area contributed by atoms with Gasteiger partial charge in [-0.05, 0) is 49.6 Å². The number of hydrogen-bond acceptors (Lipinski definition) is 6. The van der Waals surface area contributed by atoms with Crippen molar-refractivity contribution in [2.45, 2.75) is 52.0 Å². The van der Waals surface area contributed by atoms with Crippen molar-refractivity contribution in [2.75, 3.05) is 6.61 Å². The fourth-order valence-corrected chi connectivity index (χ4v) is 4.41. The monoisotopic (exact) mass is 552 g/mol. The fraction of sp³-hybridized carbons (Fsp3) is 0.265. The number of ketones is 1. The summed E-state index contributed by atoms with van der Waals surface area (Å²) in [4.78, 5) is 29.5. The van der Waals surface area contributed by atoms with Crippen LogP contribution < -0.4 is 10.1 Å². The number of nitrogens with one attached hydrogen (secondary N) is 1. The Morgan fingerprint density at radius 2 is 1.68 bits per heavy atom. The molecule has 3 aromatic carbocycles. The van der Waals surface area contributed by atoms with Crippen LogP contribution in [0.25, 0.3) is 11.5 Å². The van der Waals surface area contributed by atoms with Gasteiger partial charge < -0.3 is 19.6 Å². The number of rotatable bonds is 15. The number of carbonyl (C=O) groups is 2. The van der Waals surface area contributed by atoms with Gasteiger partial charge in [-0.1, -0.05) is 74.0 Å². The molecule has 4 aromatic rings. The van der Waals surface area contributed by atoms with Gasteiger partial charge in [0, 0.05) is 35.7 Å². The summed E-state index contributed by atoms with van der Waals surface area (Å²) in [6.07, 6.45) is 4.77.